The van der Waals surface area contributed by atoms with Crippen molar-refractivity contribution in [3.8, 4) is 5.75 Å². The molecular formula is C23H36FN7O. The number of rotatable bonds is 8. The molecule has 1 fully saturated rings. The highest BCUT2D eigenvalue weighted by molar-refractivity contribution is 5.80. The van der Waals surface area contributed by atoms with Crippen LogP contribution >= 0.6 is 0 Å². The van der Waals surface area contributed by atoms with Crippen LogP contribution in [0, 0.1) is 5.82 Å². The quantitative estimate of drug-likeness (QED) is 0.479. The van der Waals surface area contributed by atoms with Crippen LogP contribution in [0.2, 0.25) is 0 Å². The van der Waals surface area contributed by atoms with E-state index in [1.54, 1.807) is 19.2 Å². The van der Waals surface area contributed by atoms with Crippen molar-refractivity contribution in [3.63, 3.8) is 0 Å². The minimum Gasteiger partial charge on any atom is -0.494 e. The SMILES string of the molecule is CN=C(NCC(c1cnn(C)c1)N(C)C)NC1CCN(Cc2ccc(OC)c(F)c2)CC1. The van der Waals surface area contributed by atoms with Crippen LogP contribution in [0.4, 0.5) is 4.39 Å². The van der Waals surface area contributed by atoms with E-state index in [0.717, 1.165) is 50.5 Å². The molecule has 8 nitrogen and oxygen atoms in total. The number of likely N-dealkylation sites (N-methyl/N-ethyl adjacent to an activating group) is 1. The minimum atomic E-state index is -0.307. The number of piperidine rings is 1. The number of likely N-dealkylation sites (tertiary alicyclic amines) is 1. The molecule has 2 heterocycles. The van der Waals surface area contributed by atoms with Gasteiger partial charge in [0.2, 0.25) is 0 Å². The highest BCUT2D eigenvalue weighted by atomic mass is 19.1. The van der Waals surface area contributed by atoms with Crippen molar-refractivity contribution in [2.24, 2.45) is 12.0 Å². The van der Waals surface area contributed by atoms with Crippen LogP contribution in [-0.4, -0.2) is 79.5 Å². The number of aryl methyl sites for hydroxylation is 1. The molecule has 0 saturated carbocycles. The van der Waals surface area contributed by atoms with Gasteiger partial charge in [-0.3, -0.25) is 14.6 Å². The number of aliphatic imine (C=N–C) groups is 1. The fourth-order valence-electron chi connectivity index (χ4n) is 4.09. The third-order valence-electron chi connectivity index (χ3n) is 5.97. The molecule has 2 N–H and O–H groups in total. The summed E-state index contributed by atoms with van der Waals surface area (Å²) < 4.78 is 20.8. The summed E-state index contributed by atoms with van der Waals surface area (Å²) in [4.78, 5) is 8.95. The summed E-state index contributed by atoms with van der Waals surface area (Å²) in [5.41, 5.74) is 2.14. The number of hydrogen-bond donors (Lipinski definition) is 2. The van der Waals surface area contributed by atoms with Gasteiger partial charge in [-0.25, -0.2) is 4.39 Å². The van der Waals surface area contributed by atoms with E-state index in [9.17, 15) is 4.39 Å². The number of nitrogens with zero attached hydrogens (tertiary/aromatic N) is 5. The Balaban J connectivity index is 1.46. The molecule has 3 rings (SSSR count). The van der Waals surface area contributed by atoms with E-state index in [2.05, 4.69) is 44.6 Å². The lowest BCUT2D eigenvalue weighted by Crippen LogP contribution is -2.49. The first-order valence-corrected chi connectivity index (χ1v) is 11.1. The number of aromatic nitrogens is 2. The fraction of sp³-hybridized carbons (Fsp3) is 0.565. The molecule has 1 atom stereocenters. The van der Waals surface area contributed by atoms with Gasteiger partial charge in [0.05, 0.1) is 19.3 Å². The van der Waals surface area contributed by atoms with Crippen LogP contribution in [0.5, 0.6) is 5.75 Å². The number of nitrogens with one attached hydrogen (secondary N) is 2. The largest absolute Gasteiger partial charge is 0.494 e. The van der Waals surface area contributed by atoms with Crippen LogP contribution in [0.3, 0.4) is 0 Å². The summed E-state index contributed by atoms with van der Waals surface area (Å²) in [6, 6.07) is 5.76. The van der Waals surface area contributed by atoms with E-state index in [-0.39, 0.29) is 17.6 Å². The van der Waals surface area contributed by atoms with Crippen molar-refractivity contribution < 1.29 is 9.13 Å². The molecule has 0 amide bonds. The van der Waals surface area contributed by atoms with Gasteiger partial charge in [-0.1, -0.05) is 6.07 Å². The Morgan fingerprint density at radius 1 is 1.34 bits per heavy atom. The first kappa shape index (κ1) is 24.0. The van der Waals surface area contributed by atoms with Gasteiger partial charge in [0.25, 0.3) is 0 Å². The Hall–Kier alpha value is -2.65. The first-order chi connectivity index (χ1) is 15.4. The Bertz CT molecular complexity index is 890. The average molecular weight is 446 g/mol. The van der Waals surface area contributed by atoms with Crippen LogP contribution in [0.25, 0.3) is 0 Å². The molecule has 1 aromatic carbocycles. The molecule has 1 saturated heterocycles. The highest BCUT2D eigenvalue weighted by Crippen LogP contribution is 2.20. The number of halogens is 1. The van der Waals surface area contributed by atoms with Crippen LogP contribution in [0.1, 0.15) is 30.0 Å². The summed E-state index contributed by atoms with van der Waals surface area (Å²) in [6.45, 7) is 3.40. The Morgan fingerprint density at radius 3 is 2.66 bits per heavy atom. The minimum absolute atomic E-state index is 0.203. The summed E-state index contributed by atoms with van der Waals surface area (Å²) in [5.74, 6) is 0.797. The molecule has 0 radical (unpaired) electrons. The predicted molar refractivity (Wildman–Crippen MR) is 125 cm³/mol. The van der Waals surface area contributed by atoms with Gasteiger partial charge < -0.3 is 20.3 Å². The first-order valence-electron chi connectivity index (χ1n) is 11.1. The number of hydrogen-bond acceptors (Lipinski definition) is 5. The second kappa shape index (κ2) is 11.3. The predicted octanol–water partition coefficient (Wildman–Crippen LogP) is 2.00. The number of benzene rings is 1. The summed E-state index contributed by atoms with van der Waals surface area (Å²) in [7, 11) is 9.36. The van der Waals surface area contributed by atoms with Crippen molar-refractivity contribution in [3.05, 3.63) is 47.5 Å². The van der Waals surface area contributed by atoms with Crippen LogP contribution < -0.4 is 15.4 Å². The maximum Gasteiger partial charge on any atom is 0.191 e. The normalized spacial score (nSPS) is 16.9. The number of guanidine groups is 1. The molecule has 2 aromatic rings. The zero-order chi connectivity index (χ0) is 23.1. The molecule has 9 heteroatoms. The molecule has 1 unspecified atom stereocenters. The van der Waals surface area contributed by atoms with Gasteiger partial charge in [0, 0.05) is 58.1 Å². The van der Waals surface area contributed by atoms with E-state index in [4.69, 9.17) is 4.74 Å². The summed E-state index contributed by atoms with van der Waals surface area (Å²) >= 11 is 0. The van der Waals surface area contributed by atoms with Crippen molar-refractivity contribution in [2.75, 3.05) is 47.9 Å². The highest BCUT2D eigenvalue weighted by Gasteiger charge is 2.21. The lowest BCUT2D eigenvalue weighted by Gasteiger charge is -2.33. The van der Waals surface area contributed by atoms with Crippen LogP contribution in [0.15, 0.2) is 35.6 Å². The van der Waals surface area contributed by atoms with Crippen molar-refractivity contribution in [2.45, 2.75) is 31.5 Å². The van der Waals surface area contributed by atoms with Gasteiger partial charge in [-0.2, -0.15) is 5.10 Å². The number of ether oxygens (including phenoxy) is 1. The summed E-state index contributed by atoms with van der Waals surface area (Å²) in [6.07, 6.45) is 5.98. The van der Waals surface area contributed by atoms with Crippen molar-refractivity contribution in [1.29, 1.82) is 0 Å². The van der Waals surface area contributed by atoms with E-state index in [0.29, 0.717) is 6.04 Å². The monoisotopic (exact) mass is 445 g/mol. The lowest BCUT2D eigenvalue weighted by atomic mass is 10.0. The maximum absolute atomic E-state index is 14.0. The molecule has 32 heavy (non-hydrogen) atoms. The smallest absolute Gasteiger partial charge is 0.191 e. The Morgan fingerprint density at radius 2 is 2.09 bits per heavy atom. The maximum atomic E-state index is 14.0. The van der Waals surface area contributed by atoms with Crippen LogP contribution in [-0.2, 0) is 13.6 Å². The fourth-order valence-corrected chi connectivity index (χ4v) is 4.09. The standard InChI is InChI=1S/C23H36FN7O/c1-25-23(26-14-21(29(2)3)18-13-27-30(4)16-18)28-19-8-10-31(11-9-19)15-17-6-7-22(32-5)20(24)12-17/h6-7,12-13,16,19,21H,8-11,14-15H2,1-5H3,(H2,25,26,28). The zero-order valence-electron chi connectivity index (χ0n) is 19.8. The lowest BCUT2D eigenvalue weighted by molar-refractivity contribution is 0.198. The van der Waals surface area contributed by atoms with E-state index >= 15 is 0 Å². The molecule has 1 aromatic heterocycles. The third kappa shape index (κ3) is 6.43. The van der Waals surface area contributed by atoms with Gasteiger partial charge in [-0.05, 0) is 44.6 Å². The van der Waals surface area contributed by atoms with Crippen molar-refractivity contribution in [1.82, 2.24) is 30.2 Å². The molecule has 1 aliphatic heterocycles. The zero-order valence-corrected chi connectivity index (χ0v) is 19.8. The second-order valence-electron chi connectivity index (χ2n) is 8.54. The Labute approximate surface area is 190 Å². The molecule has 176 valence electrons. The topological polar surface area (TPSA) is 70.0 Å². The average Bonchev–Trinajstić information content (AvgIpc) is 3.20. The van der Waals surface area contributed by atoms with Gasteiger partial charge >= 0.3 is 0 Å². The molecule has 0 aliphatic carbocycles. The molecule has 0 spiro atoms. The third-order valence-corrected chi connectivity index (χ3v) is 5.97. The molecule has 0 bridgehead atoms. The molecule has 1 aliphatic rings. The van der Waals surface area contributed by atoms with Gasteiger partial charge in [0.1, 0.15) is 0 Å². The van der Waals surface area contributed by atoms with Crippen molar-refractivity contribution >= 4 is 5.96 Å². The summed E-state index contributed by atoms with van der Waals surface area (Å²) in [5, 5.41) is 11.3. The second-order valence-corrected chi connectivity index (χ2v) is 8.54. The van der Waals surface area contributed by atoms with E-state index in [1.165, 1.54) is 12.7 Å². The van der Waals surface area contributed by atoms with Gasteiger partial charge in [-0.15, -0.1) is 0 Å². The Kier molecular flexibility index (Phi) is 8.46. The van der Waals surface area contributed by atoms with Gasteiger partial charge in [0.15, 0.2) is 17.5 Å². The molecular weight excluding hydrogens is 409 g/mol. The van der Waals surface area contributed by atoms with E-state index < -0.39 is 0 Å². The van der Waals surface area contributed by atoms with E-state index in [1.807, 2.05) is 30.2 Å². The number of methoxy groups -OCH3 is 1.